The molecule has 34 heavy (non-hydrogen) atoms. The Labute approximate surface area is 197 Å². The van der Waals surface area contributed by atoms with Crippen LogP contribution in [0.1, 0.15) is 39.2 Å². The zero-order chi connectivity index (χ0) is 25.4. The van der Waals surface area contributed by atoms with E-state index < -0.39 is 22.5 Å². The molecule has 0 aliphatic carbocycles. The maximum atomic E-state index is 13.2. The predicted molar refractivity (Wildman–Crippen MR) is 129 cm³/mol. The number of benzene rings is 2. The first-order valence-electron chi connectivity index (χ1n) is 10.8. The van der Waals surface area contributed by atoms with Crippen LogP contribution in [-0.2, 0) is 6.42 Å². The van der Waals surface area contributed by atoms with E-state index in [1.54, 1.807) is 13.8 Å². The van der Waals surface area contributed by atoms with E-state index in [2.05, 4.69) is 6.58 Å². The molecule has 0 fully saturated rings. The molecule has 8 heteroatoms. The van der Waals surface area contributed by atoms with Crippen molar-refractivity contribution in [2.24, 2.45) is 5.92 Å². The topological polar surface area (TPSA) is 141 Å². The van der Waals surface area contributed by atoms with E-state index in [4.69, 9.17) is 9.15 Å². The number of rotatable bonds is 8. The van der Waals surface area contributed by atoms with Gasteiger partial charge in [-0.05, 0) is 58.1 Å². The van der Waals surface area contributed by atoms with Crippen LogP contribution in [0.5, 0.6) is 28.7 Å². The van der Waals surface area contributed by atoms with Crippen molar-refractivity contribution in [3.8, 4) is 40.1 Å². The molecule has 2 aromatic carbocycles. The minimum Gasteiger partial charge on any atom is -0.508 e. The molecule has 1 aromatic heterocycles. The summed E-state index contributed by atoms with van der Waals surface area (Å²) in [5.74, 6) is -1.98. The Morgan fingerprint density at radius 1 is 1.15 bits per heavy atom. The largest absolute Gasteiger partial charge is 0.508 e. The summed E-state index contributed by atoms with van der Waals surface area (Å²) in [6.45, 7) is 9.30. The SMILES string of the molecule is C=C(C)C(CCC(C)(C)O)Cc1c(O)cc(OC)c2c(=O)c(O)c(-c3ccc(O)cc3O)oc12. The zero-order valence-electron chi connectivity index (χ0n) is 19.7. The molecule has 3 rings (SSSR count). The second-order valence-electron chi connectivity index (χ2n) is 9.19. The van der Waals surface area contributed by atoms with Crippen LogP contribution in [-0.4, -0.2) is 38.2 Å². The summed E-state index contributed by atoms with van der Waals surface area (Å²) in [5, 5.41) is 51.4. The van der Waals surface area contributed by atoms with Crippen molar-refractivity contribution in [3.63, 3.8) is 0 Å². The number of phenols is 3. The first-order chi connectivity index (χ1) is 15.8. The fourth-order valence-electron chi connectivity index (χ4n) is 3.91. The molecule has 0 bridgehead atoms. The Bertz CT molecular complexity index is 1300. The van der Waals surface area contributed by atoms with Crippen LogP contribution in [0.25, 0.3) is 22.3 Å². The number of fused-ring (bicyclic) bond motifs is 1. The van der Waals surface area contributed by atoms with Crippen molar-refractivity contribution < 1.29 is 34.7 Å². The van der Waals surface area contributed by atoms with Gasteiger partial charge in [0.25, 0.3) is 0 Å². The summed E-state index contributed by atoms with van der Waals surface area (Å²) in [4.78, 5) is 13.2. The summed E-state index contributed by atoms with van der Waals surface area (Å²) in [6.07, 6.45) is 1.29. The molecule has 8 nitrogen and oxygen atoms in total. The van der Waals surface area contributed by atoms with Gasteiger partial charge in [-0.25, -0.2) is 0 Å². The normalized spacial score (nSPS) is 12.6. The summed E-state index contributed by atoms with van der Waals surface area (Å²) >= 11 is 0. The molecular weight excluding hydrogens is 440 g/mol. The molecule has 0 radical (unpaired) electrons. The van der Waals surface area contributed by atoms with E-state index in [1.165, 1.54) is 25.3 Å². The molecule has 0 saturated carbocycles. The van der Waals surface area contributed by atoms with Crippen LogP contribution < -0.4 is 10.2 Å². The number of methoxy groups -OCH3 is 1. The van der Waals surface area contributed by atoms with E-state index >= 15 is 0 Å². The first-order valence-corrected chi connectivity index (χ1v) is 10.8. The molecular formula is C26H30O8. The highest BCUT2D eigenvalue weighted by Gasteiger charge is 2.27. The molecule has 0 spiro atoms. The van der Waals surface area contributed by atoms with Crippen LogP contribution in [0.3, 0.4) is 0 Å². The van der Waals surface area contributed by atoms with Crippen LogP contribution in [0.15, 0.2) is 45.6 Å². The monoisotopic (exact) mass is 470 g/mol. The van der Waals surface area contributed by atoms with Crippen LogP contribution in [0.4, 0.5) is 0 Å². The quantitative estimate of drug-likeness (QED) is 0.301. The van der Waals surface area contributed by atoms with Gasteiger partial charge in [-0.15, -0.1) is 0 Å². The Kier molecular flexibility index (Phi) is 6.84. The summed E-state index contributed by atoms with van der Waals surface area (Å²) in [6, 6.07) is 4.92. The van der Waals surface area contributed by atoms with Gasteiger partial charge in [0.1, 0.15) is 34.0 Å². The smallest absolute Gasteiger partial charge is 0.238 e. The highest BCUT2D eigenvalue weighted by Crippen LogP contribution is 2.42. The highest BCUT2D eigenvalue weighted by atomic mass is 16.5. The van der Waals surface area contributed by atoms with Gasteiger partial charge in [-0.1, -0.05) is 12.2 Å². The Balaban J connectivity index is 2.28. The van der Waals surface area contributed by atoms with Gasteiger partial charge in [-0.3, -0.25) is 4.79 Å². The number of hydrogen-bond donors (Lipinski definition) is 5. The second-order valence-corrected chi connectivity index (χ2v) is 9.19. The predicted octanol–water partition coefficient (Wildman–Crippen LogP) is 4.58. The van der Waals surface area contributed by atoms with E-state index in [0.29, 0.717) is 18.4 Å². The Hall–Kier alpha value is -3.65. The number of aliphatic hydroxyl groups is 1. The Morgan fingerprint density at radius 2 is 1.82 bits per heavy atom. The average molecular weight is 471 g/mol. The number of phenolic OH excluding ortho intramolecular Hbond substituents is 3. The van der Waals surface area contributed by atoms with Crippen molar-refractivity contribution in [2.75, 3.05) is 7.11 Å². The molecule has 1 atom stereocenters. The van der Waals surface area contributed by atoms with Crippen molar-refractivity contribution in [1.82, 2.24) is 0 Å². The van der Waals surface area contributed by atoms with Gasteiger partial charge in [0.15, 0.2) is 5.76 Å². The van der Waals surface area contributed by atoms with Gasteiger partial charge in [0.05, 0.1) is 18.3 Å². The molecule has 3 aromatic rings. The van der Waals surface area contributed by atoms with Gasteiger partial charge < -0.3 is 34.7 Å². The summed E-state index contributed by atoms with van der Waals surface area (Å²) < 4.78 is 11.2. The molecule has 182 valence electrons. The van der Waals surface area contributed by atoms with E-state index in [9.17, 15) is 30.3 Å². The number of allylic oxidation sites excluding steroid dienone is 1. The number of hydrogen-bond acceptors (Lipinski definition) is 8. The molecule has 1 unspecified atom stereocenters. The van der Waals surface area contributed by atoms with E-state index in [-0.39, 0.29) is 51.9 Å². The molecule has 0 aliphatic heterocycles. The minimum atomic E-state index is -0.889. The third-order valence-electron chi connectivity index (χ3n) is 5.88. The molecule has 1 heterocycles. The Morgan fingerprint density at radius 3 is 2.38 bits per heavy atom. The van der Waals surface area contributed by atoms with Gasteiger partial charge in [0.2, 0.25) is 11.2 Å². The lowest BCUT2D eigenvalue weighted by atomic mass is 9.85. The average Bonchev–Trinajstić information content (AvgIpc) is 2.73. The molecule has 5 N–H and O–H groups in total. The lowest BCUT2D eigenvalue weighted by Crippen LogP contribution is -2.21. The maximum Gasteiger partial charge on any atom is 0.238 e. The van der Waals surface area contributed by atoms with Crippen molar-refractivity contribution in [1.29, 1.82) is 0 Å². The van der Waals surface area contributed by atoms with Crippen molar-refractivity contribution >= 4 is 11.0 Å². The molecule has 0 aliphatic rings. The van der Waals surface area contributed by atoms with Crippen LogP contribution >= 0.6 is 0 Å². The van der Waals surface area contributed by atoms with E-state index in [1.807, 2.05) is 6.92 Å². The standard InChI is InChI=1S/C26H30O8/c1-13(2)14(8-9-26(3,4)32)10-17-19(29)12-20(33-5)21-22(30)23(31)25(34-24(17)21)16-7-6-15(27)11-18(16)28/h6-7,11-12,14,27-29,31-32H,1,8-10H2,2-5H3. The number of aromatic hydroxyl groups is 4. The number of ether oxygens (including phenoxy) is 1. The third-order valence-corrected chi connectivity index (χ3v) is 5.88. The van der Waals surface area contributed by atoms with Crippen molar-refractivity contribution in [2.45, 2.75) is 45.6 Å². The molecule has 0 saturated heterocycles. The lowest BCUT2D eigenvalue weighted by molar-refractivity contribution is 0.0650. The van der Waals surface area contributed by atoms with Crippen molar-refractivity contribution in [3.05, 3.63) is 52.2 Å². The fourth-order valence-corrected chi connectivity index (χ4v) is 3.91. The maximum absolute atomic E-state index is 13.2. The highest BCUT2D eigenvalue weighted by molar-refractivity contribution is 5.91. The van der Waals surface area contributed by atoms with E-state index in [0.717, 1.165) is 11.6 Å². The molecule has 0 amide bonds. The zero-order valence-corrected chi connectivity index (χ0v) is 19.7. The first kappa shape index (κ1) is 25.0. The third kappa shape index (κ3) is 4.97. The van der Waals surface area contributed by atoms with Gasteiger partial charge in [-0.2, -0.15) is 0 Å². The van der Waals surface area contributed by atoms with Gasteiger partial charge in [0, 0.05) is 17.7 Å². The van der Waals surface area contributed by atoms with Gasteiger partial charge >= 0.3 is 0 Å². The van der Waals surface area contributed by atoms with Crippen LogP contribution in [0.2, 0.25) is 0 Å². The second kappa shape index (κ2) is 9.30. The minimum absolute atomic E-state index is 0.00312. The lowest BCUT2D eigenvalue weighted by Gasteiger charge is -2.23. The van der Waals surface area contributed by atoms with Crippen LogP contribution in [0, 0.1) is 5.92 Å². The fraction of sp³-hybridized carbons (Fsp3) is 0.346. The summed E-state index contributed by atoms with van der Waals surface area (Å²) in [7, 11) is 1.32. The summed E-state index contributed by atoms with van der Waals surface area (Å²) in [5.41, 5.74) is -0.580.